The van der Waals surface area contributed by atoms with Gasteiger partial charge in [-0.15, -0.1) is 0 Å². The molecule has 1 aromatic rings. The van der Waals surface area contributed by atoms with Crippen LogP contribution in [0.2, 0.25) is 0 Å². The van der Waals surface area contributed by atoms with Crippen LogP contribution in [0.1, 0.15) is 37.8 Å². The van der Waals surface area contributed by atoms with E-state index in [1.165, 1.54) is 24.0 Å². The number of aryl methyl sites for hydroxylation is 1. The average molecular weight is 232 g/mol. The minimum absolute atomic E-state index is 0.0130. The standard InChI is InChI=1S/C15H24N2/c1-12(2)10-17-15(11-16)9-5-7-13-6-3-4-8-14(13)15/h3-4,6,8,12,17H,5,7,9-11,16H2,1-2H3. The van der Waals surface area contributed by atoms with E-state index in [0.29, 0.717) is 12.5 Å². The summed E-state index contributed by atoms with van der Waals surface area (Å²) in [5, 5.41) is 3.72. The molecule has 2 nitrogen and oxygen atoms in total. The first-order chi connectivity index (χ1) is 8.18. The van der Waals surface area contributed by atoms with E-state index in [2.05, 4.69) is 43.4 Å². The summed E-state index contributed by atoms with van der Waals surface area (Å²) in [5.74, 6) is 0.660. The quantitative estimate of drug-likeness (QED) is 0.836. The number of nitrogens with one attached hydrogen (secondary N) is 1. The molecule has 0 saturated heterocycles. The molecule has 0 saturated carbocycles. The molecule has 0 spiro atoms. The molecule has 3 N–H and O–H groups in total. The minimum Gasteiger partial charge on any atom is -0.328 e. The van der Waals surface area contributed by atoms with Gasteiger partial charge in [0, 0.05) is 6.54 Å². The Balaban J connectivity index is 2.28. The zero-order chi connectivity index (χ0) is 12.3. The molecule has 0 aliphatic heterocycles. The van der Waals surface area contributed by atoms with Crippen LogP contribution in [0.5, 0.6) is 0 Å². The van der Waals surface area contributed by atoms with Gasteiger partial charge in [-0.25, -0.2) is 0 Å². The van der Waals surface area contributed by atoms with Gasteiger partial charge >= 0.3 is 0 Å². The molecule has 2 rings (SSSR count). The minimum atomic E-state index is 0.0130. The highest BCUT2D eigenvalue weighted by molar-refractivity contribution is 5.36. The lowest BCUT2D eigenvalue weighted by atomic mass is 9.76. The van der Waals surface area contributed by atoms with E-state index >= 15 is 0 Å². The van der Waals surface area contributed by atoms with Gasteiger partial charge in [0.15, 0.2) is 0 Å². The van der Waals surface area contributed by atoms with Gasteiger partial charge in [-0.1, -0.05) is 38.1 Å². The monoisotopic (exact) mass is 232 g/mol. The van der Waals surface area contributed by atoms with Crippen LogP contribution in [-0.2, 0) is 12.0 Å². The summed E-state index contributed by atoms with van der Waals surface area (Å²) < 4.78 is 0. The van der Waals surface area contributed by atoms with Crippen LogP contribution >= 0.6 is 0 Å². The fourth-order valence-electron chi connectivity index (χ4n) is 2.79. The second kappa shape index (κ2) is 5.19. The van der Waals surface area contributed by atoms with Crippen molar-refractivity contribution in [2.75, 3.05) is 13.1 Å². The van der Waals surface area contributed by atoms with Crippen LogP contribution in [0, 0.1) is 5.92 Å². The molecule has 1 atom stereocenters. The van der Waals surface area contributed by atoms with Crippen molar-refractivity contribution in [3.8, 4) is 0 Å². The van der Waals surface area contributed by atoms with Crippen LogP contribution in [0.25, 0.3) is 0 Å². The summed E-state index contributed by atoms with van der Waals surface area (Å²) in [4.78, 5) is 0. The number of rotatable bonds is 4. The Bertz CT molecular complexity index is 373. The van der Waals surface area contributed by atoms with Crippen LogP contribution in [0.4, 0.5) is 0 Å². The summed E-state index contributed by atoms with van der Waals surface area (Å²) in [6, 6.07) is 8.75. The summed E-state index contributed by atoms with van der Waals surface area (Å²) in [5.41, 5.74) is 8.99. The van der Waals surface area contributed by atoms with Gasteiger partial charge in [-0.2, -0.15) is 0 Å². The van der Waals surface area contributed by atoms with Crippen molar-refractivity contribution in [2.24, 2.45) is 11.7 Å². The van der Waals surface area contributed by atoms with Crippen molar-refractivity contribution in [3.05, 3.63) is 35.4 Å². The molecule has 1 aromatic carbocycles. The number of benzene rings is 1. The van der Waals surface area contributed by atoms with E-state index in [-0.39, 0.29) is 5.54 Å². The summed E-state index contributed by atoms with van der Waals surface area (Å²) in [6.45, 7) is 6.21. The molecule has 94 valence electrons. The first-order valence-electron chi connectivity index (χ1n) is 6.71. The lowest BCUT2D eigenvalue weighted by molar-refractivity contribution is 0.279. The number of fused-ring (bicyclic) bond motifs is 1. The summed E-state index contributed by atoms with van der Waals surface area (Å²) in [7, 11) is 0. The fraction of sp³-hybridized carbons (Fsp3) is 0.600. The molecule has 0 fully saturated rings. The molecule has 1 aliphatic rings. The molecule has 0 radical (unpaired) electrons. The second-order valence-electron chi connectivity index (χ2n) is 5.57. The van der Waals surface area contributed by atoms with E-state index in [4.69, 9.17) is 5.73 Å². The van der Waals surface area contributed by atoms with Crippen molar-refractivity contribution in [3.63, 3.8) is 0 Å². The molecular formula is C15H24N2. The highest BCUT2D eigenvalue weighted by Gasteiger charge is 2.34. The van der Waals surface area contributed by atoms with Gasteiger partial charge in [0.2, 0.25) is 0 Å². The smallest absolute Gasteiger partial charge is 0.0561 e. The van der Waals surface area contributed by atoms with Crippen molar-refractivity contribution in [2.45, 2.75) is 38.6 Å². The van der Waals surface area contributed by atoms with Crippen LogP contribution < -0.4 is 11.1 Å². The van der Waals surface area contributed by atoms with Crippen molar-refractivity contribution in [1.82, 2.24) is 5.32 Å². The second-order valence-corrected chi connectivity index (χ2v) is 5.57. The van der Waals surface area contributed by atoms with Gasteiger partial charge in [-0.3, -0.25) is 0 Å². The maximum Gasteiger partial charge on any atom is 0.0561 e. The largest absolute Gasteiger partial charge is 0.328 e. The van der Waals surface area contributed by atoms with E-state index in [0.717, 1.165) is 13.0 Å². The first-order valence-corrected chi connectivity index (χ1v) is 6.71. The molecular weight excluding hydrogens is 208 g/mol. The van der Waals surface area contributed by atoms with Gasteiger partial charge < -0.3 is 11.1 Å². The maximum absolute atomic E-state index is 6.08. The third-order valence-electron chi connectivity index (χ3n) is 3.78. The van der Waals surface area contributed by atoms with Crippen molar-refractivity contribution >= 4 is 0 Å². The Labute approximate surface area is 105 Å². The molecule has 1 aliphatic carbocycles. The predicted molar refractivity (Wildman–Crippen MR) is 73.0 cm³/mol. The first kappa shape index (κ1) is 12.6. The Hall–Kier alpha value is -0.860. The fourth-order valence-corrected chi connectivity index (χ4v) is 2.79. The van der Waals surface area contributed by atoms with Gasteiger partial charge in [0.1, 0.15) is 0 Å². The molecule has 1 unspecified atom stereocenters. The third kappa shape index (κ3) is 2.53. The molecule has 0 heterocycles. The molecule has 2 heteroatoms. The Morgan fingerprint density at radius 3 is 2.82 bits per heavy atom. The number of hydrogen-bond donors (Lipinski definition) is 2. The van der Waals surface area contributed by atoms with E-state index in [1.807, 2.05) is 0 Å². The summed E-state index contributed by atoms with van der Waals surface area (Å²) in [6.07, 6.45) is 3.59. The van der Waals surface area contributed by atoms with E-state index in [1.54, 1.807) is 0 Å². The Kier molecular flexibility index (Phi) is 3.85. The molecule has 17 heavy (non-hydrogen) atoms. The third-order valence-corrected chi connectivity index (χ3v) is 3.78. The average Bonchev–Trinajstić information content (AvgIpc) is 2.36. The van der Waals surface area contributed by atoms with E-state index < -0.39 is 0 Å². The van der Waals surface area contributed by atoms with Crippen molar-refractivity contribution in [1.29, 1.82) is 0 Å². The molecule has 0 aromatic heterocycles. The van der Waals surface area contributed by atoms with Crippen LogP contribution in [0.15, 0.2) is 24.3 Å². The molecule has 0 bridgehead atoms. The van der Waals surface area contributed by atoms with Crippen LogP contribution in [0.3, 0.4) is 0 Å². The Morgan fingerprint density at radius 2 is 2.12 bits per heavy atom. The van der Waals surface area contributed by atoms with Crippen LogP contribution in [-0.4, -0.2) is 13.1 Å². The van der Waals surface area contributed by atoms with E-state index in [9.17, 15) is 0 Å². The maximum atomic E-state index is 6.08. The molecule has 0 amide bonds. The van der Waals surface area contributed by atoms with Crippen molar-refractivity contribution < 1.29 is 0 Å². The lowest BCUT2D eigenvalue weighted by Gasteiger charge is -2.40. The zero-order valence-electron chi connectivity index (χ0n) is 11.0. The number of hydrogen-bond acceptors (Lipinski definition) is 2. The predicted octanol–water partition coefficient (Wildman–Crippen LogP) is 2.42. The highest BCUT2D eigenvalue weighted by Crippen LogP contribution is 2.34. The topological polar surface area (TPSA) is 38.0 Å². The Morgan fingerprint density at radius 1 is 1.35 bits per heavy atom. The number of nitrogens with two attached hydrogens (primary N) is 1. The van der Waals surface area contributed by atoms with Gasteiger partial charge in [0.25, 0.3) is 0 Å². The summed E-state index contributed by atoms with van der Waals surface area (Å²) >= 11 is 0. The highest BCUT2D eigenvalue weighted by atomic mass is 15.0. The zero-order valence-corrected chi connectivity index (χ0v) is 11.0. The van der Waals surface area contributed by atoms with Gasteiger partial charge in [-0.05, 0) is 42.9 Å². The SMILES string of the molecule is CC(C)CNC1(CN)CCCc2ccccc21. The van der Waals surface area contributed by atoms with Gasteiger partial charge in [0.05, 0.1) is 5.54 Å². The lowest BCUT2D eigenvalue weighted by Crippen LogP contribution is -2.51. The normalized spacial score (nSPS) is 23.8.